The van der Waals surface area contributed by atoms with Crippen LogP contribution in [0.25, 0.3) is 16.8 Å². The summed E-state index contributed by atoms with van der Waals surface area (Å²) in [6, 6.07) is 9.33. The Morgan fingerprint density at radius 3 is 2.81 bits per heavy atom. The van der Waals surface area contributed by atoms with Gasteiger partial charge in [-0.3, -0.25) is 4.79 Å². The number of halogens is 2. The number of hydrogen-bond acceptors (Lipinski definition) is 9. The maximum Gasteiger partial charge on any atom is 0.318 e. The lowest BCUT2D eigenvalue weighted by molar-refractivity contribution is -0.124. The quantitative estimate of drug-likeness (QED) is 0.261. The summed E-state index contributed by atoms with van der Waals surface area (Å²) in [7, 11) is 3.55. The number of likely N-dealkylation sites (N-methyl/N-ethyl adjacent to an activating group) is 1. The Labute approximate surface area is 254 Å². The van der Waals surface area contributed by atoms with E-state index in [2.05, 4.69) is 19.9 Å². The lowest BCUT2D eigenvalue weighted by Gasteiger charge is -2.34. The lowest BCUT2D eigenvalue weighted by Crippen LogP contribution is -2.39. The number of anilines is 2. The third-order valence-electron chi connectivity index (χ3n) is 8.16. The van der Waals surface area contributed by atoms with Crippen molar-refractivity contribution in [2.24, 2.45) is 0 Å². The molecule has 12 heteroatoms. The van der Waals surface area contributed by atoms with Gasteiger partial charge in [0.05, 0.1) is 24.4 Å². The van der Waals surface area contributed by atoms with Crippen molar-refractivity contribution < 1.29 is 18.4 Å². The van der Waals surface area contributed by atoms with Gasteiger partial charge in [0, 0.05) is 67.4 Å². The summed E-state index contributed by atoms with van der Waals surface area (Å²) in [4.78, 5) is 32.8. The minimum atomic E-state index is -0.443. The number of ether oxygens (including phenoxy) is 1. The van der Waals surface area contributed by atoms with Gasteiger partial charge in [-0.2, -0.15) is 15.0 Å². The van der Waals surface area contributed by atoms with Crippen molar-refractivity contribution in [3.05, 3.63) is 70.2 Å². The highest BCUT2D eigenvalue weighted by atomic mass is 35.5. The minimum absolute atomic E-state index is 0.0647. The zero-order valence-corrected chi connectivity index (χ0v) is 25.3. The fourth-order valence-corrected chi connectivity index (χ4v) is 6.03. The summed E-state index contributed by atoms with van der Waals surface area (Å²) < 4.78 is 25.1. The summed E-state index contributed by atoms with van der Waals surface area (Å²) in [6.07, 6.45) is 4.52. The molecule has 0 saturated carbocycles. The average molecular weight is 606 g/mol. The van der Waals surface area contributed by atoms with E-state index in [1.807, 2.05) is 44.0 Å². The van der Waals surface area contributed by atoms with Gasteiger partial charge < -0.3 is 24.0 Å². The highest BCUT2D eigenvalue weighted by molar-refractivity contribution is 6.36. The van der Waals surface area contributed by atoms with Crippen LogP contribution in [-0.2, 0) is 17.8 Å². The van der Waals surface area contributed by atoms with Gasteiger partial charge in [-0.05, 0) is 30.4 Å². The zero-order chi connectivity index (χ0) is 30.2. The van der Waals surface area contributed by atoms with E-state index in [1.165, 1.54) is 12.1 Å². The fourth-order valence-electron chi connectivity index (χ4n) is 5.76. The topological polar surface area (TPSA) is 101 Å². The Hall–Kier alpha value is -4.25. The van der Waals surface area contributed by atoms with Crippen LogP contribution >= 0.6 is 11.6 Å². The van der Waals surface area contributed by atoms with Gasteiger partial charge in [-0.1, -0.05) is 48.8 Å². The molecule has 1 fully saturated rings. The Kier molecular flexibility index (Phi) is 7.91. The van der Waals surface area contributed by atoms with Gasteiger partial charge in [0.25, 0.3) is 5.89 Å². The first kappa shape index (κ1) is 28.9. The Morgan fingerprint density at radius 1 is 1.21 bits per heavy atom. The molecule has 2 aliphatic heterocycles. The number of aromatic nitrogens is 4. The molecule has 2 aliphatic rings. The van der Waals surface area contributed by atoms with Crippen molar-refractivity contribution in [3.8, 4) is 6.01 Å². The second kappa shape index (κ2) is 11.8. The third-order valence-corrected chi connectivity index (χ3v) is 8.53. The first-order chi connectivity index (χ1) is 20.7. The SMILES string of the molecule is COc1nc2c(c(N(C)C3CCN(C(=O)/C=C/c4nc(C(C)C)no4)C3)n1)CCN(c1cccc3ccc(F)c(Cl)c13)C2. The van der Waals surface area contributed by atoms with Crippen LogP contribution in [0.3, 0.4) is 0 Å². The maximum absolute atomic E-state index is 14.4. The van der Waals surface area contributed by atoms with E-state index in [0.29, 0.717) is 49.7 Å². The Morgan fingerprint density at radius 2 is 2.05 bits per heavy atom. The van der Waals surface area contributed by atoms with Gasteiger partial charge >= 0.3 is 6.01 Å². The van der Waals surface area contributed by atoms with Crippen LogP contribution in [0.15, 0.2) is 40.9 Å². The molecular formula is C31H33ClFN7O3. The summed E-state index contributed by atoms with van der Waals surface area (Å²) in [5.41, 5.74) is 2.75. The maximum atomic E-state index is 14.4. The molecule has 1 amide bonds. The van der Waals surface area contributed by atoms with Crippen molar-refractivity contribution >= 4 is 45.9 Å². The normalized spacial score (nSPS) is 16.9. The molecule has 2 aromatic carbocycles. The number of carbonyl (C=O) groups excluding carboxylic acids is 1. The molecule has 0 N–H and O–H groups in total. The third kappa shape index (κ3) is 5.61. The van der Waals surface area contributed by atoms with Gasteiger partial charge in [0.2, 0.25) is 5.91 Å². The molecule has 0 radical (unpaired) electrons. The Bertz CT molecular complexity index is 1710. The molecule has 4 heterocycles. The van der Waals surface area contributed by atoms with E-state index in [4.69, 9.17) is 30.8 Å². The standard InChI is InChI=1S/C31H33ClFN7O3/c1-18(2)29-35-25(43-37-29)10-11-26(41)40-14-12-20(16-40)38(3)30-21-13-15-39(17-23(21)34-31(36-30)42-4)24-7-5-6-19-8-9-22(33)28(32)27(19)24/h5-11,18,20H,12-17H2,1-4H3/b11-10+. The zero-order valence-electron chi connectivity index (χ0n) is 24.5. The van der Waals surface area contributed by atoms with E-state index in [1.54, 1.807) is 19.3 Å². The number of nitrogens with zero attached hydrogens (tertiary/aromatic N) is 7. The first-order valence-corrected chi connectivity index (χ1v) is 14.7. The van der Waals surface area contributed by atoms with Crippen LogP contribution in [0, 0.1) is 5.82 Å². The summed E-state index contributed by atoms with van der Waals surface area (Å²) >= 11 is 6.44. The van der Waals surface area contributed by atoms with Crippen LogP contribution in [0.4, 0.5) is 15.9 Å². The molecule has 43 heavy (non-hydrogen) atoms. The highest BCUT2D eigenvalue weighted by Gasteiger charge is 2.32. The molecule has 2 aromatic heterocycles. The molecule has 1 atom stereocenters. The molecule has 1 saturated heterocycles. The van der Waals surface area contributed by atoms with Crippen molar-refractivity contribution in [1.29, 1.82) is 0 Å². The number of rotatable bonds is 7. The molecule has 1 unspecified atom stereocenters. The predicted octanol–water partition coefficient (Wildman–Crippen LogP) is 5.25. The summed E-state index contributed by atoms with van der Waals surface area (Å²) in [6.45, 7) is 6.31. The number of methoxy groups -OCH3 is 1. The van der Waals surface area contributed by atoms with Gasteiger partial charge in [0.1, 0.15) is 11.6 Å². The van der Waals surface area contributed by atoms with Crippen LogP contribution < -0.4 is 14.5 Å². The van der Waals surface area contributed by atoms with Crippen molar-refractivity contribution in [2.75, 3.05) is 43.6 Å². The van der Waals surface area contributed by atoms with E-state index in [0.717, 1.165) is 34.6 Å². The molecule has 10 nitrogen and oxygen atoms in total. The van der Waals surface area contributed by atoms with Crippen molar-refractivity contribution in [2.45, 2.75) is 45.2 Å². The number of amides is 1. The number of carbonyl (C=O) groups is 1. The number of fused-ring (bicyclic) bond motifs is 2. The molecule has 0 aliphatic carbocycles. The first-order valence-electron chi connectivity index (χ1n) is 14.3. The molecule has 4 aromatic rings. The van der Waals surface area contributed by atoms with Gasteiger partial charge in [-0.25, -0.2) is 4.39 Å². The van der Waals surface area contributed by atoms with E-state index in [-0.39, 0.29) is 28.9 Å². The molecule has 224 valence electrons. The van der Waals surface area contributed by atoms with E-state index in [9.17, 15) is 9.18 Å². The van der Waals surface area contributed by atoms with Crippen LogP contribution in [0.5, 0.6) is 6.01 Å². The number of benzene rings is 2. The molecule has 6 rings (SSSR count). The highest BCUT2D eigenvalue weighted by Crippen LogP contribution is 2.38. The lowest BCUT2D eigenvalue weighted by atomic mass is 10.0. The van der Waals surface area contributed by atoms with E-state index < -0.39 is 5.82 Å². The van der Waals surface area contributed by atoms with Gasteiger partial charge in [-0.15, -0.1) is 0 Å². The predicted molar refractivity (Wildman–Crippen MR) is 163 cm³/mol. The average Bonchev–Trinajstić information content (AvgIpc) is 3.71. The second-order valence-corrected chi connectivity index (χ2v) is 11.6. The summed E-state index contributed by atoms with van der Waals surface area (Å²) in [5.74, 6) is 1.31. The molecule has 0 bridgehead atoms. The summed E-state index contributed by atoms with van der Waals surface area (Å²) in [5, 5.41) is 5.62. The smallest absolute Gasteiger partial charge is 0.318 e. The van der Waals surface area contributed by atoms with Crippen molar-refractivity contribution in [1.82, 2.24) is 25.0 Å². The van der Waals surface area contributed by atoms with Crippen LogP contribution in [0.1, 0.15) is 49.2 Å². The van der Waals surface area contributed by atoms with Crippen LogP contribution in [0.2, 0.25) is 5.02 Å². The number of likely N-dealkylation sites (tertiary alicyclic amines) is 1. The molecular weight excluding hydrogens is 573 g/mol. The van der Waals surface area contributed by atoms with Crippen molar-refractivity contribution in [3.63, 3.8) is 0 Å². The second-order valence-electron chi connectivity index (χ2n) is 11.2. The van der Waals surface area contributed by atoms with E-state index >= 15 is 0 Å². The van der Waals surface area contributed by atoms with Crippen LogP contribution in [-0.4, -0.2) is 70.7 Å². The largest absolute Gasteiger partial charge is 0.467 e. The molecule has 0 spiro atoms. The monoisotopic (exact) mass is 605 g/mol. The number of hydrogen-bond donors (Lipinski definition) is 0. The minimum Gasteiger partial charge on any atom is -0.467 e. The Balaban J connectivity index is 1.20. The van der Waals surface area contributed by atoms with Gasteiger partial charge in [0.15, 0.2) is 5.82 Å². The fraction of sp³-hybridized carbons (Fsp3) is 0.387.